The van der Waals surface area contributed by atoms with Gasteiger partial charge in [0.2, 0.25) is 0 Å². The van der Waals surface area contributed by atoms with E-state index in [0.717, 1.165) is 18.2 Å². The number of hydrogen-bond donors (Lipinski definition) is 1. The molecule has 4 rings (SSSR count). The van der Waals surface area contributed by atoms with Crippen LogP contribution in [0.15, 0.2) is 48.7 Å². The van der Waals surface area contributed by atoms with E-state index >= 15 is 0 Å². The molecule has 120 valence electrons. The van der Waals surface area contributed by atoms with Gasteiger partial charge >= 0.3 is 0 Å². The van der Waals surface area contributed by atoms with E-state index in [1.54, 1.807) is 0 Å². The van der Waals surface area contributed by atoms with Gasteiger partial charge < -0.3 is 10.1 Å². The highest BCUT2D eigenvalue weighted by molar-refractivity contribution is 5.26. The van der Waals surface area contributed by atoms with E-state index in [9.17, 15) is 0 Å². The highest BCUT2D eigenvalue weighted by atomic mass is 16.5. The van der Waals surface area contributed by atoms with Crippen molar-refractivity contribution in [3.8, 4) is 0 Å². The van der Waals surface area contributed by atoms with Crippen molar-refractivity contribution in [3.05, 3.63) is 65.5 Å². The first-order chi connectivity index (χ1) is 11.4. The van der Waals surface area contributed by atoms with Crippen LogP contribution in [0, 0.1) is 5.92 Å². The maximum absolute atomic E-state index is 5.77. The Morgan fingerprint density at radius 3 is 2.78 bits per heavy atom. The average Bonchev–Trinajstić information content (AvgIpc) is 2.58. The minimum absolute atomic E-state index is 0.234. The molecule has 0 saturated heterocycles. The van der Waals surface area contributed by atoms with E-state index in [-0.39, 0.29) is 6.04 Å². The Kier molecular flexibility index (Phi) is 4.40. The van der Waals surface area contributed by atoms with Gasteiger partial charge in [-0.15, -0.1) is 0 Å². The smallest absolute Gasteiger partial charge is 0.0892 e. The fourth-order valence-electron chi connectivity index (χ4n) is 3.68. The maximum atomic E-state index is 5.77. The molecule has 2 aliphatic rings. The Morgan fingerprint density at radius 2 is 2.00 bits per heavy atom. The molecule has 2 unspecified atom stereocenters. The number of benzene rings is 1. The number of nitrogens with one attached hydrogen (secondary N) is 1. The first-order valence-electron chi connectivity index (χ1n) is 8.72. The van der Waals surface area contributed by atoms with Crippen molar-refractivity contribution < 1.29 is 4.74 Å². The van der Waals surface area contributed by atoms with Crippen molar-refractivity contribution in [2.24, 2.45) is 5.92 Å². The molecular formula is C20H24N2O. The molecule has 0 amide bonds. The summed E-state index contributed by atoms with van der Waals surface area (Å²) in [7, 11) is 0. The molecule has 1 aromatic carbocycles. The highest BCUT2D eigenvalue weighted by Crippen LogP contribution is 2.36. The van der Waals surface area contributed by atoms with Crippen LogP contribution in [0.5, 0.6) is 0 Å². The predicted molar refractivity (Wildman–Crippen MR) is 90.9 cm³/mol. The van der Waals surface area contributed by atoms with Gasteiger partial charge in [0.05, 0.1) is 24.9 Å². The fourth-order valence-corrected chi connectivity index (χ4v) is 3.68. The van der Waals surface area contributed by atoms with Crippen molar-refractivity contribution in [1.82, 2.24) is 10.3 Å². The Labute approximate surface area is 138 Å². The zero-order valence-electron chi connectivity index (χ0n) is 13.4. The van der Waals surface area contributed by atoms with Gasteiger partial charge in [-0.25, -0.2) is 0 Å². The van der Waals surface area contributed by atoms with E-state index in [4.69, 9.17) is 4.74 Å². The van der Waals surface area contributed by atoms with Crippen LogP contribution < -0.4 is 5.32 Å². The van der Waals surface area contributed by atoms with Crippen LogP contribution in [0.3, 0.4) is 0 Å². The third-order valence-corrected chi connectivity index (χ3v) is 5.22. The van der Waals surface area contributed by atoms with Crippen LogP contribution in [-0.4, -0.2) is 11.6 Å². The molecule has 23 heavy (non-hydrogen) atoms. The summed E-state index contributed by atoms with van der Waals surface area (Å²) >= 11 is 0. The Bertz CT molecular complexity index is 639. The summed E-state index contributed by atoms with van der Waals surface area (Å²) in [5, 5.41) is 3.86. The summed E-state index contributed by atoms with van der Waals surface area (Å²) in [5.74, 6) is 0.866. The van der Waals surface area contributed by atoms with Gasteiger partial charge in [0.25, 0.3) is 0 Å². The topological polar surface area (TPSA) is 34.1 Å². The Balaban J connectivity index is 1.55. The molecule has 1 N–H and O–H groups in total. The number of rotatable bonds is 5. The summed E-state index contributed by atoms with van der Waals surface area (Å²) in [6.07, 6.45) is 7.23. The quantitative estimate of drug-likeness (QED) is 0.900. The fraction of sp³-hybridized carbons (Fsp3) is 0.450. The number of fused-ring (bicyclic) bond motifs is 1. The normalized spacial score (nSPS) is 22.2. The molecule has 1 fully saturated rings. The van der Waals surface area contributed by atoms with E-state index in [2.05, 4.69) is 46.7 Å². The third-order valence-electron chi connectivity index (χ3n) is 5.22. The molecule has 1 aromatic heterocycles. The predicted octanol–water partition coefficient (Wildman–Crippen LogP) is 4.17. The van der Waals surface area contributed by atoms with Crippen LogP contribution in [-0.2, 0) is 11.3 Å². The monoisotopic (exact) mass is 308 g/mol. The van der Waals surface area contributed by atoms with Gasteiger partial charge in [-0.1, -0.05) is 55.7 Å². The lowest BCUT2D eigenvalue weighted by molar-refractivity contribution is 0.0730. The first kappa shape index (κ1) is 14.9. The first-order valence-corrected chi connectivity index (χ1v) is 8.72. The molecule has 1 aliphatic carbocycles. The van der Waals surface area contributed by atoms with Gasteiger partial charge in [-0.2, -0.15) is 0 Å². The number of pyridine rings is 1. The van der Waals surface area contributed by atoms with Gasteiger partial charge in [0, 0.05) is 12.2 Å². The standard InChI is InChI=1S/C20H24N2O/c1-2-8-16(9-3-1)18(12-15-6-4-7-15)22-20-14-23-13-19-17(20)10-5-11-21-19/h1-3,5,8-11,15,18,20,22H,4,6-7,12-14H2. The zero-order valence-corrected chi connectivity index (χ0v) is 13.4. The van der Waals surface area contributed by atoms with Crippen LogP contribution in [0.2, 0.25) is 0 Å². The summed E-state index contributed by atoms with van der Waals surface area (Å²) in [5.41, 5.74) is 3.76. The SMILES string of the molecule is c1ccc(C(CC2CCC2)NC2COCc3ncccc32)cc1. The molecule has 3 heteroatoms. The molecule has 0 spiro atoms. The average molecular weight is 308 g/mol. The summed E-state index contributed by atoms with van der Waals surface area (Å²) < 4.78 is 5.77. The van der Waals surface area contributed by atoms with Gasteiger partial charge in [0.1, 0.15) is 0 Å². The second kappa shape index (κ2) is 6.81. The number of ether oxygens (including phenoxy) is 1. The van der Waals surface area contributed by atoms with Crippen molar-refractivity contribution >= 4 is 0 Å². The largest absolute Gasteiger partial charge is 0.373 e. The van der Waals surface area contributed by atoms with Gasteiger partial charge in [0.15, 0.2) is 0 Å². The second-order valence-corrected chi connectivity index (χ2v) is 6.77. The van der Waals surface area contributed by atoms with E-state index in [0.29, 0.717) is 12.6 Å². The van der Waals surface area contributed by atoms with Crippen LogP contribution in [0.4, 0.5) is 0 Å². The maximum Gasteiger partial charge on any atom is 0.0892 e. The lowest BCUT2D eigenvalue weighted by atomic mass is 9.79. The van der Waals surface area contributed by atoms with Gasteiger partial charge in [-0.05, 0) is 29.5 Å². The van der Waals surface area contributed by atoms with Crippen molar-refractivity contribution in [1.29, 1.82) is 0 Å². The van der Waals surface area contributed by atoms with Gasteiger partial charge in [-0.3, -0.25) is 4.98 Å². The van der Waals surface area contributed by atoms with E-state index < -0.39 is 0 Å². The molecule has 1 saturated carbocycles. The Morgan fingerprint density at radius 1 is 1.13 bits per heavy atom. The highest BCUT2D eigenvalue weighted by Gasteiger charge is 2.28. The molecule has 2 heterocycles. The molecule has 0 radical (unpaired) electrons. The third kappa shape index (κ3) is 3.31. The molecule has 3 nitrogen and oxygen atoms in total. The minimum atomic E-state index is 0.234. The minimum Gasteiger partial charge on any atom is -0.373 e. The number of aromatic nitrogens is 1. The summed E-state index contributed by atoms with van der Waals surface area (Å²) in [4.78, 5) is 4.47. The molecule has 0 bridgehead atoms. The van der Waals surface area contributed by atoms with Crippen LogP contribution in [0.1, 0.15) is 54.6 Å². The zero-order chi connectivity index (χ0) is 15.5. The van der Waals surface area contributed by atoms with Crippen molar-refractivity contribution in [2.75, 3.05) is 6.61 Å². The molecule has 1 aliphatic heterocycles. The summed E-state index contributed by atoms with van der Waals surface area (Å²) in [6, 6.07) is 15.7. The van der Waals surface area contributed by atoms with Crippen LogP contribution >= 0.6 is 0 Å². The summed E-state index contributed by atoms with van der Waals surface area (Å²) in [6.45, 7) is 1.36. The van der Waals surface area contributed by atoms with Crippen LogP contribution in [0.25, 0.3) is 0 Å². The lowest BCUT2D eigenvalue weighted by Gasteiger charge is -2.34. The molecular weight excluding hydrogens is 284 g/mol. The van der Waals surface area contributed by atoms with Crippen molar-refractivity contribution in [2.45, 2.75) is 44.4 Å². The van der Waals surface area contributed by atoms with E-state index in [1.165, 1.54) is 36.8 Å². The second-order valence-electron chi connectivity index (χ2n) is 6.77. The van der Waals surface area contributed by atoms with E-state index in [1.807, 2.05) is 12.3 Å². The Hall–Kier alpha value is -1.71. The van der Waals surface area contributed by atoms with Crippen molar-refractivity contribution in [3.63, 3.8) is 0 Å². The number of hydrogen-bond acceptors (Lipinski definition) is 3. The number of nitrogens with zero attached hydrogens (tertiary/aromatic N) is 1. The lowest BCUT2D eigenvalue weighted by Crippen LogP contribution is -2.34. The molecule has 2 atom stereocenters. The molecule has 2 aromatic rings.